The van der Waals surface area contributed by atoms with Gasteiger partial charge in [-0.2, -0.15) is 0 Å². The summed E-state index contributed by atoms with van der Waals surface area (Å²) in [6.45, 7) is 6.63. The highest BCUT2D eigenvalue weighted by Crippen LogP contribution is 2.34. The molecule has 3 N–H and O–H groups in total. The molecule has 1 unspecified atom stereocenters. The first-order valence-electron chi connectivity index (χ1n) is 6.84. The number of amides is 2. The zero-order chi connectivity index (χ0) is 14.9. The van der Waals surface area contributed by atoms with Crippen LogP contribution in [0.4, 0.5) is 5.69 Å². The van der Waals surface area contributed by atoms with Crippen molar-refractivity contribution in [3.8, 4) is 0 Å². The van der Waals surface area contributed by atoms with Gasteiger partial charge in [0, 0.05) is 17.8 Å². The van der Waals surface area contributed by atoms with Crippen LogP contribution in [0.15, 0.2) is 18.2 Å². The Hall–Kier alpha value is -1.88. The number of fused-ring (bicyclic) bond motifs is 1. The van der Waals surface area contributed by atoms with Crippen molar-refractivity contribution in [1.29, 1.82) is 0 Å². The van der Waals surface area contributed by atoms with E-state index in [1.54, 1.807) is 0 Å². The lowest BCUT2D eigenvalue weighted by atomic mass is 10.1. The molecule has 2 rings (SSSR count). The Morgan fingerprint density at radius 3 is 2.80 bits per heavy atom. The van der Waals surface area contributed by atoms with E-state index in [-0.39, 0.29) is 18.4 Å². The third kappa shape index (κ3) is 2.82. The second-order valence-corrected chi connectivity index (χ2v) is 5.66. The quantitative estimate of drug-likeness (QED) is 0.864. The Labute approximate surface area is 119 Å². The maximum Gasteiger partial charge on any atom is 0.249 e. The van der Waals surface area contributed by atoms with Crippen molar-refractivity contribution < 1.29 is 9.59 Å². The summed E-state index contributed by atoms with van der Waals surface area (Å²) in [5, 5.41) is 2.81. The van der Waals surface area contributed by atoms with Crippen molar-refractivity contribution in [3.63, 3.8) is 0 Å². The van der Waals surface area contributed by atoms with Gasteiger partial charge in [0.1, 0.15) is 12.6 Å². The normalized spacial score (nSPS) is 17.6. The highest BCUT2D eigenvalue weighted by atomic mass is 16.2. The predicted molar refractivity (Wildman–Crippen MR) is 78.3 cm³/mol. The summed E-state index contributed by atoms with van der Waals surface area (Å²) in [6, 6.07) is 5.01. The minimum Gasteiger partial charge on any atom is -0.354 e. The number of nitrogens with two attached hydrogens (primary N) is 1. The largest absolute Gasteiger partial charge is 0.354 e. The van der Waals surface area contributed by atoms with Crippen LogP contribution in [-0.2, 0) is 9.59 Å². The van der Waals surface area contributed by atoms with Crippen molar-refractivity contribution >= 4 is 17.5 Å². The van der Waals surface area contributed by atoms with E-state index in [2.05, 4.69) is 5.32 Å². The van der Waals surface area contributed by atoms with Crippen LogP contribution >= 0.6 is 0 Å². The number of rotatable bonds is 4. The van der Waals surface area contributed by atoms with Crippen LogP contribution < -0.4 is 16.0 Å². The van der Waals surface area contributed by atoms with Crippen LogP contribution in [0.1, 0.15) is 31.0 Å². The predicted octanol–water partition coefficient (Wildman–Crippen LogP) is 1.11. The van der Waals surface area contributed by atoms with E-state index in [1.807, 2.05) is 39.0 Å². The molecule has 1 atom stereocenters. The molecule has 0 aliphatic carbocycles. The lowest BCUT2D eigenvalue weighted by Gasteiger charge is -2.17. The summed E-state index contributed by atoms with van der Waals surface area (Å²) < 4.78 is 0. The number of carbonyl (C=O) groups is 2. The molecule has 0 fully saturated rings. The molecular formula is C15H21N3O2. The highest BCUT2D eigenvalue weighted by molar-refractivity contribution is 6.07. The fourth-order valence-electron chi connectivity index (χ4n) is 2.27. The minimum atomic E-state index is -0.664. The van der Waals surface area contributed by atoms with Gasteiger partial charge < -0.3 is 16.0 Å². The van der Waals surface area contributed by atoms with Crippen molar-refractivity contribution in [3.05, 3.63) is 29.3 Å². The minimum absolute atomic E-state index is 0.0231. The van der Waals surface area contributed by atoms with Crippen LogP contribution in [-0.4, -0.2) is 24.9 Å². The first-order chi connectivity index (χ1) is 9.40. The Balaban J connectivity index is 2.14. The maximum absolute atomic E-state index is 12.2. The van der Waals surface area contributed by atoms with Crippen molar-refractivity contribution in [2.75, 3.05) is 18.0 Å². The first kappa shape index (κ1) is 14.5. The number of hydrogen-bond donors (Lipinski definition) is 2. The number of nitrogens with one attached hydrogen (secondary N) is 1. The number of nitrogens with zero attached hydrogens (tertiary/aromatic N) is 1. The van der Waals surface area contributed by atoms with Crippen molar-refractivity contribution in [2.45, 2.75) is 26.8 Å². The molecule has 1 aromatic carbocycles. The average molecular weight is 275 g/mol. The van der Waals surface area contributed by atoms with Crippen LogP contribution in [0.5, 0.6) is 0 Å². The Bertz CT molecular complexity index is 540. The van der Waals surface area contributed by atoms with Crippen LogP contribution in [0.3, 0.4) is 0 Å². The van der Waals surface area contributed by atoms with E-state index in [1.165, 1.54) is 4.90 Å². The number of aryl methyl sites for hydroxylation is 1. The summed E-state index contributed by atoms with van der Waals surface area (Å²) >= 11 is 0. The summed E-state index contributed by atoms with van der Waals surface area (Å²) in [4.78, 5) is 25.5. The Morgan fingerprint density at radius 2 is 2.15 bits per heavy atom. The fourth-order valence-corrected chi connectivity index (χ4v) is 2.27. The molecule has 1 aromatic rings. The lowest BCUT2D eigenvalue weighted by molar-refractivity contribution is -0.124. The molecule has 5 nitrogen and oxygen atoms in total. The molecule has 0 radical (unpaired) electrons. The summed E-state index contributed by atoms with van der Waals surface area (Å²) in [7, 11) is 0. The Morgan fingerprint density at radius 1 is 1.45 bits per heavy atom. The number of anilines is 1. The molecule has 0 spiro atoms. The molecule has 0 bridgehead atoms. The molecule has 1 aliphatic rings. The Kier molecular flexibility index (Phi) is 4.09. The topological polar surface area (TPSA) is 75.4 Å². The second-order valence-electron chi connectivity index (χ2n) is 5.66. The summed E-state index contributed by atoms with van der Waals surface area (Å²) in [5.74, 6) is 0.00314. The molecule has 108 valence electrons. The summed E-state index contributed by atoms with van der Waals surface area (Å²) in [5.41, 5.74) is 8.52. The highest BCUT2D eigenvalue weighted by Gasteiger charge is 2.35. The van der Waals surface area contributed by atoms with Gasteiger partial charge in [0.25, 0.3) is 0 Å². The molecule has 2 amide bonds. The average Bonchev–Trinajstić information content (AvgIpc) is 2.61. The SMILES string of the molecule is Cc1ccc2c(c1)C(N)C(=O)N2CC(=O)NCC(C)C. The maximum atomic E-state index is 12.2. The molecular weight excluding hydrogens is 254 g/mol. The van der Waals surface area contributed by atoms with Crippen molar-refractivity contribution in [1.82, 2.24) is 5.32 Å². The van der Waals surface area contributed by atoms with Crippen LogP contribution in [0, 0.1) is 12.8 Å². The smallest absolute Gasteiger partial charge is 0.249 e. The lowest BCUT2D eigenvalue weighted by Crippen LogP contribution is -2.41. The standard InChI is InChI=1S/C15H21N3O2/c1-9(2)7-17-13(19)8-18-12-5-4-10(3)6-11(12)14(16)15(18)20/h4-6,9,14H,7-8,16H2,1-3H3,(H,17,19). The van der Waals surface area contributed by atoms with E-state index in [0.29, 0.717) is 12.5 Å². The molecule has 20 heavy (non-hydrogen) atoms. The van der Waals surface area contributed by atoms with E-state index >= 15 is 0 Å². The molecule has 0 saturated heterocycles. The zero-order valence-electron chi connectivity index (χ0n) is 12.1. The third-order valence-electron chi connectivity index (χ3n) is 3.35. The van der Waals surface area contributed by atoms with E-state index in [0.717, 1.165) is 16.8 Å². The van der Waals surface area contributed by atoms with Gasteiger partial charge in [0.05, 0.1) is 0 Å². The van der Waals surface area contributed by atoms with E-state index in [4.69, 9.17) is 5.73 Å². The van der Waals surface area contributed by atoms with E-state index in [9.17, 15) is 9.59 Å². The number of carbonyl (C=O) groups excluding carboxylic acids is 2. The third-order valence-corrected chi connectivity index (χ3v) is 3.35. The van der Waals surface area contributed by atoms with Gasteiger partial charge in [0.2, 0.25) is 11.8 Å². The first-order valence-corrected chi connectivity index (χ1v) is 6.84. The van der Waals surface area contributed by atoms with Gasteiger partial charge in [0.15, 0.2) is 0 Å². The van der Waals surface area contributed by atoms with E-state index < -0.39 is 6.04 Å². The van der Waals surface area contributed by atoms with Gasteiger partial charge in [-0.1, -0.05) is 31.5 Å². The van der Waals surface area contributed by atoms with Gasteiger partial charge in [-0.25, -0.2) is 0 Å². The van der Waals surface area contributed by atoms with Gasteiger partial charge in [-0.3, -0.25) is 9.59 Å². The molecule has 5 heteroatoms. The van der Waals surface area contributed by atoms with Crippen molar-refractivity contribution in [2.24, 2.45) is 11.7 Å². The van der Waals surface area contributed by atoms with Gasteiger partial charge in [-0.05, 0) is 18.9 Å². The van der Waals surface area contributed by atoms with Crippen LogP contribution in [0.2, 0.25) is 0 Å². The second kappa shape index (κ2) is 5.63. The molecule has 0 saturated carbocycles. The number of benzene rings is 1. The number of hydrogen-bond acceptors (Lipinski definition) is 3. The monoisotopic (exact) mass is 275 g/mol. The zero-order valence-corrected chi connectivity index (χ0v) is 12.1. The molecule has 1 aliphatic heterocycles. The van der Waals surface area contributed by atoms with Gasteiger partial charge >= 0.3 is 0 Å². The molecule has 1 heterocycles. The van der Waals surface area contributed by atoms with Gasteiger partial charge in [-0.15, -0.1) is 0 Å². The molecule has 0 aromatic heterocycles. The van der Waals surface area contributed by atoms with Crippen LogP contribution in [0.25, 0.3) is 0 Å². The fraction of sp³-hybridized carbons (Fsp3) is 0.467. The summed E-state index contributed by atoms with van der Waals surface area (Å²) in [6.07, 6.45) is 0.